The number of thiazole rings is 1. The Balaban J connectivity index is 0.00000341. The Bertz CT molecular complexity index is 919. The second-order valence-electron chi connectivity index (χ2n) is 6.37. The van der Waals surface area contributed by atoms with E-state index in [1.54, 1.807) is 24.6 Å². The number of pyridine rings is 1. The fourth-order valence-electron chi connectivity index (χ4n) is 2.58. The molecule has 1 aromatic carbocycles. The van der Waals surface area contributed by atoms with Crippen LogP contribution in [0.1, 0.15) is 22.4 Å². The highest BCUT2D eigenvalue weighted by Gasteiger charge is 2.04. The second-order valence-corrected chi connectivity index (χ2v) is 7.57. The van der Waals surface area contributed by atoms with Crippen LogP contribution >= 0.6 is 35.3 Å². The first-order chi connectivity index (χ1) is 14.8. The van der Waals surface area contributed by atoms with Crippen LogP contribution in [0.3, 0.4) is 0 Å². The van der Waals surface area contributed by atoms with E-state index in [0.29, 0.717) is 32.2 Å². The number of guanidine groups is 1. The predicted octanol–water partition coefficient (Wildman–Crippen LogP) is 4.04. The van der Waals surface area contributed by atoms with E-state index in [1.807, 2.05) is 48.7 Å². The third-order valence-corrected chi connectivity index (χ3v) is 5.32. The molecule has 0 bridgehead atoms. The zero-order valence-electron chi connectivity index (χ0n) is 17.7. The number of para-hydroxylation sites is 1. The maximum Gasteiger partial charge on any atom is 0.213 e. The Morgan fingerprint density at radius 1 is 0.968 bits per heavy atom. The minimum atomic E-state index is 0. The standard InChI is InChI=1S/C22H27N5O2S.HI/c1-3-19-15-25-21(30-19)16-27-22(23-2)26-14-17-9-10-20(24-13-17)29-12-11-28-18-7-5-4-6-8-18;/h4-10,13,15H,3,11-12,14,16H2,1-2H3,(H2,23,26,27);1H. The summed E-state index contributed by atoms with van der Waals surface area (Å²) in [5.74, 6) is 2.13. The number of aromatic nitrogens is 2. The van der Waals surface area contributed by atoms with Gasteiger partial charge in [-0.3, -0.25) is 4.99 Å². The van der Waals surface area contributed by atoms with Crippen molar-refractivity contribution in [2.24, 2.45) is 4.99 Å². The van der Waals surface area contributed by atoms with E-state index < -0.39 is 0 Å². The summed E-state index contributed by atoms with van der Waals surface area (Å²) in [5.41, 5.74) is 1.04. The molecule has 2 heterocycles. The Morgan fingerprint density at radius 2 is 1.74 bits per heavy atom. The van der Waals surface area contributed by atoms with E-state index in [-0.39, 0.29) is 24.0 Å². The number of benzene rings is 1. The maximum absolute atomic E-state index is 5.63. The quantitative estimate of drug-likeness (QED) is 0.171. The van der Waals surface area contributed by atoms with Gasteiger partial charge in [0.05, 0.1) is 6.54 Å². The van der Waals surface area contributed by atoms with Crippen molar-refractivity contribution in [2.75, 3.05) is 20.3 Å². The van der Waals surface area contributed by atoms with E-state index in [9.17, 15) is 0 Å². The molecule has 0 unspecified atom stereocenters. The van der Waals surface area contributed by atoms with Crippen LogP contribution in [-0.4, -0.2) is 36.2 Å². The van der Waals surface area contributed by atoms with Crippen molar-refractivity contribution in [3.8, 4) is 11.6 Å². The van der Waals surface area contributed by atoms with Crippen LogP contribution in [0.25, 0.3) is 0 Å². The first-order valence-corrected chi connectivity index (χ1v) is 10.7. The fourth-order valence-corrected chi connectivity index (χ4v) is 3.38. The highest BCUT2D eigenvalue weighted by molar-refractivity contribution is 14.0. The Labute approximate surface area is 204 Å². The molecular weight excluding hydrogens is 525 g/mol. The lowest BCUT2D eigenvalue weighted by Crippen LogP contribution is -2.36. The monoisotopic (exact) mass is 553 g/mol. The van der Waals surface area contributed by atoms with E-state index in [0.717, 1.165) is 28.7 Å². The van der Waals surface area contributed by atoms with Gasteiger partial charge in [0.2, 0.25) is 5.88 Å². The van der Waals surface area contributed by atoms with Gasteiger partial charge in [-0.25, -0.2) is 9.97 Å². The van der Waals surface area contributed by atoms with E-state index in [2.05, 4.69) is 32.5 Å². The van der Waals surface area contributed by atoms with Gasteiger partial charge in [-0.1, -0.05) is 31.2 Å². The minimum absolute atomic E-state index is 0. The van der Waals surface area contributed by atoms with Gasteiger partial charge in [0.1, 0.15) is 24.0 Å². The molecule has 2 aromatic heterocycles. The van der Waals surface area contributed by atoms with Crippen molar-refractivity contribution in [2.45, 2.75) is 26.4 Å². The largest absolute Gasteiger partial charge is 0.490 e. The molecular formula is C22H28IN5O2S. The first-order valence-electron chi connectivity index (χ1n) is 9.90. The normalized spacial score (nSPS) is 10.8. The van der Waals surface area contributed by atoms with E-state index in [4.69, 9.17) is 9.47 Å². The van der Waals surface area contributed by atoms with Crippen LogP contribution < -0.4 is 20.1 Å². The predicted molar refractivity (Wildman–Crippen MR) is 136 cm³/mol. The van der Waals surface area contributed by atoms with Crippen LogP contribution in [0.4, 0.5) is 0 Å². The lowest BCUT2D eigenvalue weighted by molar-refractivity contribution is 0.212. The number of aryl methyl sites for hydroxylation is 1. The smallest absolute Gasteiger partial charge is 0.213 e. The summed E-state index contributed by atoms with van der Waals surface area (Å²) in [5, 5.41) is 7.61. The number of hydrogen-bond acceptors (Lipinski definition) is 6. The van der Waals surface area contributed by atoms with Crippen molar-refractivity contribution in [1.29, 1.82) is 0 Å². The number of nitrogens with zero attached hydrogens (tertiary/aromatic N) is 3. The SMILES string of the molecule is CCc1cnc(CNC(=NC)NCc2ccc(OCCOc3ccccc3)nc2)s1.I. The van der Waals surface area contributed by atoms with Crippen molar-refractivity contribution in [1.82, 2.24) is 20.6 Å². The molecule has 9 heteroatoms. The summed E-state index contributed by atoms with van der Waals surface area (Å²) in [6.45, 7) is 4.30. The molecule has 7 nitrogen and oxygen atoms in total. The molecule has 0 atom stereocenters. The number of aliphatic imine (C=N–C) groups is 1. The summed E-state index contributed by atoms with van der Waals surface area (Å²) < 4.78 is 11.2. The van der Waals surface area contributed by atoms with E-state index in [1.165, 1.54) is 4.88 Å². The average Bonchev–Trinajstić information content (AvgIpc) is 3.26. The molecule has 0 fully saturated rings. The van der Waals surface area contributed by atoms with Crippen LogP contribution in [0.15, 0.2) is 59.9 Å². The summed E-state index contributed by atoms with van der Waals surface area (Å²) >= 11 is 1.72. The molecule has 0 spiro atoms. The molecule has 0 saturated carbocycles. The highest BCUT2D eigenvalue weighted by Crippen LogP contribution is 2.13. The zero-order valence-corrected chi connectivity index (χ0v) is 20.9. The van der Waals surface area contributed by atoms with Crippen LogP contribution in [-0.2, 0) is 19.5 Å². The van der Waals surface area contributed by atoms with Gasteiger partial charge < -0.3 is 20.1 Å². The minimum Gasteiger partial charge on any atom is -0.490 e. The Morgan fingerprint density at radius 3 is 2.42 bits per heavy atom. The van der Waals surface area contributed by atoms with Gasteiger partial charge in [-0.05, 0) is 24.1 Å². The van der Waals surface area contributed by atoms with Gasteiger partial charge in [-0.2, -0.15) is 0 Å². The summed E-state index contributed by atoms with van der Waals surface area (Å²) in [4.78, 5) is 14.3. The molecule has 0 amide bonds. The molecule has 0 aliphatic heterocycles. The molecule has 0 aliphatic rings. The molecule has 2 N–H and O–H groups in total. The molecule has 0 saturated heterocycles. The number of rotatable bonds is 10. The zero-order chi connectivity index (χ0) is 21.0. The van der Waals surface area contributed by atoms with Gasteiger partial charge in [0.15, 0.2) is 5.96 Å². The van der Waals surface area contributed by atoms with Crippen molar-refractivity contribution in [3.05, 3.63) is 70.3 Å². The lowest BCUT2D eigenvalue weighted by Gasteiger charge is -2.11. The number of halogens is 1. The molecule has 3 aromatic rings. The van der Waals surface area contributed by atoms with Gasteiger partial charge >= 0.3 is 0 Å². The van der Waals surface area contributed by atoms with Crippen molar-refractivity contribution >= 4 is 41.3 Å². The maximum atomic E-state index is 5.63. The number of ether oxygens (including phenoxy) is 2. The fraction of sp³-hybridized carbons (Fsp3) is 0.318. The Kier molecular flexibility index (Phi) is 11.1. The topological polar surface area (TPSA) is 80.7 Å². The average molecular weight is 553 g/mol. The summed E-state index contributed by atoms with van der Waals surface area (Å²) in [7, 11) is 1.75. The third kappa shape index (κ3) is 8.70. The van der Waals surface area contributed by atoms with Gasteiger partial charge in [-0.15, -0.1) is 35.3 Å². The second kappa shape index (κ2) is 13.8. The first kappa shape index (κ1) is 24.9. The Hall–Kier alpha value is -2.40. The molecule has 0 radical (unpaired) electrons. The van der Waals surface area contributed by atoms with Crippen molar-refractivity contribution in [3.63, 3.8) is 0 Å². The third-order valence-electron chi connectivity index (χ3n) is 4.18. The number of nitrogens with one attached hydrogen (secondary N) is 2. The van der Waals surface area contributed by atoms with E-state index >= 15 is 0 Å². The lowest BCUT2D eigenvalue weighted by atomic mass is 10.3. The molecule has 31 heavy (non-hydrogen) atoms. The van der Waals surface area contributed by atoms with Gasteiger partial charge in [0.25, 0.3) is 0 Å². The molecule has 166 valence electrons. The van der Waals surface area contributed by atoms with Crippen LogP contribution in [0.2, 0.25) is 0 Å². The molecule has 3 rings (SSSR count). The van der Waals surface area contributed by atoms with Gasteiger partial charge in [0, 0.05) is 36.9 Å². The summed E-state index contributed by atoms with van der Waals surface area (Å²) in [6, 6.07) is 13.5. The van der Waals surface area contributed by atoms with Crippen LogP contribution in [0.5, 0.6) is 11.6 Å². The van der Waals surface area contributed by atoms with Crippen molar-refractivity contribution < 1.29 is 9.47 Å². The number of hydrogen-bond donors (Lipinski definition) is 2. The highest BCUT2D eigenvalue weighted by atomic mass is 127. The van der Waals surface area contributed by atoms with Crippen LogP contribution in [0, 0.1) is 0 Å². The molecule has 0 aliphatic carbocycles. The summed E-state index contributed by atoms with van der Waals surface area (Å²) in [6.07, 6.45) is 4.74.